The minimum atomic E-state index is -0.413. The lowest BCUT2D eigenvalue weighted by Crippen LogP contribution is -2.09. The van der Waals surface area contributed by atoms with E-state index in [-0.39, 0.29) is 0 Å². The highest BCUT2D eigenvalue weighted by atomic mass is 16.5. The summed E-state index contributed by atoms with van der Waals surface area (Å²) in [6, 6.07) is 7.83. The SMILES string of the molecule is COC(=O)c1c(C)ncnc1-c1ccc(C)cc1. The molecule has 0 aliphatic heterocycles. The molecule has 0 amide bonds. The lowest BCUT2D eigenvalue weighted by Gasteiger charge is -2.09. The second-order valence-corrected chi connectivity index (χ2v) is 4.04. The molecule has 0 unspecified atom stereocenters. The number of benzene rings is 1. The molecule has 1 heterocycles. The lowest BCUT2D eigenvalue weighted by atomic mass is 10.0. The van der Waals surface area contributed by atoms with Gasteiger partial charge in [-0.3, -0.25) is 0 Å². The molecule has 0 atom stereocenters. The zero-order valence-electron chi connectivity index (χ0n) is 10.6. The molecule has 4 heteroatoms. The van der Waals surface area contributed by atoms with Crippen LogP contribution in [0.3, 0.4) is 0 Å². The van der Waals surface area contributed by atoms with Crippen molar-refractivity contribution in [3.63, 3.8) is 0 Å². The van der Waals surface area contributed by atoms with Crippen LogP contribution in [0.2, 0.25) is 0 Å². The van der Waals surface area contributed by atoms with Crippen molar-refractivity contribution in [2.45, 2.75) is 13.8 Å². The smallest absolute Gasteiger partial charge is 0.341 e. The quantitative estimate of drug-likeness (QED) is 0.759. The van der Waals surface area contributed by atoms with Crippen molar-refractivity contribution >= 4 is 5.97 Å². The third kappa shape index (κ3) is 2.22. The van der Waals surface area contributed by atoms with Gasteiger partial charge in [0.25, 0.3) is 0 Å². The van der Waals surface area contributed by atoms with E-state index in [1.807, 2.05) is 31.2 Å². The zero-order valence-corrected chi connectivity index (χ0v) is 10.6. The van der Waals surface area contributed by atoms with Gasteiger partial charge in [0.15, 0.2) is 0 Å². The number of esters is 1. The predicted octanol–water partition coefficient (Wildman–Crippen LogP) is 2.55. The van der Waals surface area contributed by atoms with E-state index in [1.54, 1.807) is 6.92 Å². The van der Waals surface area contributed by atoms with E-state index in [0.717, 1.165) is 11.1 Å². The predicted molar refractivity (Wildman–Crippen MR) is 68.3 cm³/mol. The van der Waals surface area contributed by atoms with Crippen LogP contribution in [-0.4, -0.2) is 23.0 Å². The lowest BCUT2D eigenvalue weighted by molar-refractivity contribution is 0.0600. The Balaban J connectivity index is 2.60. The zero-order chi connectivity index (χ0) is 13.1. The van der Waals surface area contributed by atoms with Gasteiger partial charge in [-0.25, -0.2) is 14.8 Å². The number of hydrogen-bond donors (Lipinski definition) is 0. The van der Waals surface area contributed by atoms with Gasteiger partial charge < -0.3 is 4.74 Å². The number of methoxy groups -OCH3 is 1. The third-order valence-corrected chi connectivity index (χ3v) is 2.75. The van der Waals surface area contributed by atoms with E-state index in [2.05, 4.69) is 9.97 Å². The summed E-state index contributed by atoms with van der Waals surface area (Å²) in [6.07, 6.45) is 1.46. The first-order valence-electron chi connectivity index (χ1n) is 5.60. The molecule has 0 bridgehead atoms. The molecule has 0 saturated heterocycles. The minimum absolute atomic E-state index is 0.413. The number of carbonyl (C=O) groups excluding carboxylic acids is 1. The number of ether oxygens (including phenoxy) is 1. The molecule has 1 aromatic carbocycles. The largest absolute Gasteiger partial charge is 0.465 e. The summed E-state index contributed by atoms with van der Waals surface area (Å²) in [7, 11) is 1.35. The number of carbonyl (C=O) groups is 1. The van der Waals surface area contributed by atoms with Crippen molar-refractivity contribution in [2.75, 3.05) is 7.11 Å². The molecule has 92 valence electrons. The number of nitrogens with zero attached hydrogens (tertiary/aromatic N) is 2. The highest BCUT2D eigenvalue weighted by Crippen LogP contribution is 2.23. The van der Waals surface area contributed by atoms with Gasteiger partial charge >= 0.3 is 5.97 Å². The van der Waals surface area contributed by atoms with Crippen LogP contribution >= 0.6 is 0 Å². The van der Waals surface area contributed by atoms with Crippen LogP contribution in [-0.2, 0) is 4.74 Å². The van der Waals surface area contributed by atoms with Crippen LogP contribution in [0.4, 0.5) is 0 Å². The van der Waals surface area contributed by atoms with Crippen molar-refractivity contribution in [1.82, 2.24) is 9.97 Å². The molecule has 2 aromatic rings. The second-order valence-electron chi connectivity index (χ2n) is 4.04. The Morgan fingerprint density at radius 1 is 1.11 bits per heavy atom. The van der Waals surface area contributed by atoms with Crippen LogP contribution in [0.15, 0.2) is 30.6 Å². The summed E-state index contributed by atoms with van der Waals surface area (Å²) in [4.78, 5) is 20.0. The molecule has 0 N–H and O–H groups in total. The number of hydrogen-bond acceptors (Lipinski definition) is 4. The van der Waals surface area contributed by atoms with E-state index < -0.39 is 5.97 Å². The van der Waals surface area contributed by atoms with E-state index in [1.165, 1.54) is 13.4 Å². The van der Waals surface area contributed by atoms with Gasteiger partial charge in [0.1, 0.15) is 11.9 Å². The topological polar surface area (TPSA) is 52.1 Å². The Morgan fingerprint density at radius 2 is 1.78 bits per heavy atom. The van der Waals surface area contributed by atoms with Gasteiger partial charge in [0.2, 0.25) is 0 Å². The maximum absolute atomic E-state index is 11.8. The monoisotopic (exact) mass is 242 g/mol. The van der Waals surface area contributed by atoms with E-state index >= 15 is 0 Å². The maximum atomic E-state index is 11.8. The first-order valence-corrected chi connectivity index (χ1v) is 5.60. The van der Waals surface area contributed by atoms with Gasteiger partial charge in [-0.15, -0.1) is 0 Å². The Kier molecular flexibility index (Phi) is 3.37. The Hall–Kier alpha value is -2.23. The molecule has 4 nitrogen and oxygen atoms in total. The number of aromatic nitrogens is 2. The van der Waals surface area contributed by atoms with E-state index in [0.29, 0.717) is 17.0 Å². The molecule has 0 aliphatic carbocycles. The van der Waals surface area contributed by atoms with Crippen LogP contribution in [0.25, 0.3) is 11.3 Å². The highest BCUT2D eigenvalue weighted by molar-refractivity contribution is 5.97. The van der Waals surface area contributed by atoms with Gasteiger partial charge in [-0.2, -0.15) is 0 Å². The van der Waals surface area contributed by atoms with Crippen LogP contribution in [0.1, 0.15) is 21.6 Å². The fourth-order valence-corrected chi connectivity index (χ4v) is 1.75. The van der Waals surface area contributed by atoms with E-state index in [4.69, 9.17) is 4.74 Å². The first kappa shape index (κ1) is 12.2. The van der Waals surface area contributed by atoms with Crippen LogP contribution in [0.5, 0.6) is 0 Å². The summed E-state index contributed by atoms with van der Waals surface area (Å²) in [5.41, 5.74) is 3.68. The molecule has 18 heavy (non-hydrogen) atoms. The summed E-state index contributed by atoms with van der Waals surface area (Å²) in [5, 5.41) is 0. The van der Waals surface area contributed by atoms with Crippen molar-refractivity contribution in [1.29, 1.82) is 0 Å². The average Bonchev–Trinajstić information content (AvgIpc) is 2.38. The Morgan fingerprint density at radius 3 is 2.39 bits per heavy atom. The molecule has 0 spiro atoms. The average molecular weight is 242 g/mol. The summed E-state index contributed by atoms with van der Waals surface area (Å²) < 4.78 is 4.78. The Bertz CT molecular complexity index is 577. The summed E-state index contributed by atoms with van der Waals surface area (Å²) in [5.74, 6) is -0.413. The molecule has 2 rings (SSSR count). The molecule has 0 radical (unpaired) electrons. The van der Waals surface area contributed by atoms with Crippen molar-refractivity contribution < 1.29 is 9.53 Å². The van der Waals surface area contributed by atoms with Gasteiger partial charge in [0, 0.05) is 5.56 Å². The number of rotatable bonds is 2. The Labute approximate surface area is 106 Å². The minimum Gasteiger partial charge on any atom is -0.465 e. The molecular weight excluding hydrogens is 228 g/mol. The molecule has 0 saturated carbocycles. The fraction of sp³-hybridized carbons (Fsp3) is 0.214. The fourth-order valence-electron chi connectivity index (χ4n) is 1.75. The third-order valence-electron chi connectivity index (χ3n) is 2.75. The maximum Gasteiger partial charge on any atom is 0.341 e. The highest BCUT2D eigenvalue weighted by Gasteiger charge is 2.18. The van der Waals surface area contributed by atoms with Crippen molar-refractivity contribution in [3.05, 3.63) is 47.4 Å². The van der Waals surface area contributed by atoms with Crippen LogP contribution in [0, 0.1) is 13.8 Å². The molecule has 0 aliphatic rings. The van der Waals surface area contributed by atoms with Crippen molar-refractivity contribution in [2.24, 2.45) is 0 Å². The normalized spacial score (nSPS) is 10.2. The standard InChI is InChI=1S/C14H14N2O2/c1-9-4-6-11(7-5-9)13-12(14(17)18-3)10(2)15-8-16-13/h4-8H,1-3H3. The summed E-state index contributed by atoms with van der Waals surface area (Å²) in [6.45, 7) is 3.78. The van der Waals surface area contributed by atoms with Crippen molar-refractivity contribution in [3.8, 4) is 11.3 Å². The summed E-state index contributed by atoms with van der Waals surface area (Å²) >= 11 is 0. The van der Waals surface area contributed by atoms with Gasteiger partial charge in [-0.05, 0) is 13.8 Å². The first-order chi connectivity index (χ1) is 8.63. The number of aryl methyl sites for hydroxylation is 2. The van der Waals surface area contributed by atoms with Gasteiger partial charge in [0.05, 0.1) is 18.5 Å². The van der Waals surface area contributed by atoms with E-state index in [9.17, 15) is 4.79 Å². The molecule has 0 fully saturated rings. The molecular formula is C14H14N2O2. The van der Waals surface area contributed by atoms with Crippen LogP contribution < -0.4 is 0 Å². The molecule has 1 aromatic heterocycles. The second kappa shape index (κ2) is 4.96. The van der Waals surface area contributed by atoms with Gasteiger partial charge in [-0.1, -0.05) is 29.8 Å².